The lowest BCUT2D eigenvalue weighted by Gasteiger charge is -1.96. The molecular weight excluding hydrogens is 220 g/mol. The number of aliphatic hydroxyl groups is 1. The van der Waals surface area contributed by atoms with E-state index in [2.05, 4.69) is 0 Å². The van der Waals surface area contributed by atoms with Gasteiger partial charge in [0.15, 0.2) is 0 Å². The van der Waals surface area contributed by atoms with Crippen LogP contribution >= 0.6 is 22.9 Å². The van der Waals surface area contributed by atoms with E-state index in [4.69, 9.17) is 16.7 Å². The van der Waals surface area contributed by atoms with E-state index in [-0.39, 0.29) is 12.4 Å². The summed E-state index contributed by atoms with van der Waals surface area (Å²) in [4.78, 5) is 0.876. The molecule has 2 rings (SSSR count). The van der Waals surface area contributed by atoms with Gasteiger partial charge in [-0.3, -0.25) is 0 Å². The minimum atomic E-state index is 0.00214. The van der Waals surface area contributed by atoms with E-state index >= 15 is 0 Å². The summed E-state index contributed by atoms with van der Waals surface area (Å²) in [5.41, 5.74) is 0.967. The molecule has 0 bridgehead atoms. The van der Waals surface area contributed by atoms with Crippen molar-refractivity contribution in [2.45, 2.75) is 12.5 Å². The summed E-state index contributed by atoms with van der Waals surface area (Å²) < 4.78 is 0.963. The van der Waals surface area contributed by atoms with Gasteiger partial charge in [-0.05, 0) is 29.1 Å². The van der Waals surface area contributed by atoms with Crippen LogP contribution in [0.1, 0.15) is 10.4 Å². The van der Waals surface area contributed by atoms with Crippen molar-refractivity contribution in [1.82, 2.24) is 0 Å². The number of hydrogen-bond acceptors (Lipinski definition) is 3. The summed E-state index contributed by atoms with van der Waals surface area (Å²) in [7, 11) is 0. The second-order valence-corrected chi connectivity index (χ2v) is 4.38. The fourth-order valence-electron chi connectivity index (χ4n) is 1.46. The number of aliphatic hydroxyl groups excluding tert-OH is 1. The monoisotopic (exact) mass is 228 g/mol. The molecular formula is C10H9ClO2S. The molecule has 0 fully saturated rings. The minimum absolute atomic E-state index is 0.00214. The molecule has 14 heavy (non-hydrogen) atoms. The van der Waals surface area contributed by atoms with Crippen LogP contribution in [0.15, 0.2) is 18.2 Å². The Bertz CT molecular complexity index is 464. The van der Waals surface area contributed by atoms with Crippen LogP contribution in [0.4, 0.5) is 0 Å². The van der Waals surface area contributed by atoms with Gasteiger partial charge in [0.05, 0.1) is 6.61 Å². The molecule has 0 saturated carbocycles. The molecule has 0 unspecified atom stereocenters. The first kappa shape index (κ1) is 9.77. The third-order valence-corrected chi connectivity index (χ3v) is 3.58. The molecule has 0 radical (unpaired) electrons. The predicted molar refractivity (Wildman–Crippen MR) is 59.0 cm³/mol. The fourth-order valence-corrected chi connectivity index (χ4v) is 2.96. The Morgan fingerprint density at radius 2 is 2.14 bits per heavy atom. The molecule has 1 heterocycles. The van der Waals surface area contributed by atoms with Crippen LogP contribution in [0.5, 0.6) is 5.75 Å². The predicted octanol–water partition coefficient (Wildman–Crippen LogP) is 2.84. The molecule has 0 aliphatic carbocycles. The first-order valence-electron chi connectivity index (χ1n) is 4.16. The summed E-state index contributed by atoms with van der Waals surface area (Å²) >= 11 is 7.27. The lowest BCUT2D eigenvalue weighted by Crippen LogP contribution is -1.83. The Morgan fingerprint density at radius 3 is 2.79 bits per heavy atom. The van der Waals surface area contributed by atoms with Crippen LogP contribution in [0.25, 0.3) is 10.1 Å². The quantitative estimate of drug-likeness (QED) is 0.776. The van der Waals surface area contributed by atoms with E-state index in [9.17, 15) is 5.11 Å². The molecule has 4 heteroatoms. The first-order valence-corrected chi connectivity index (χ1v) is 5.51. The topological polar surface area (TPSA) is 40.5 Å². The number of fused-ring (bicyclic) bond motifs is 1. The van der Waals surface area contributed by atoms with Crippen LogP contribution < -0.4 is 0 Å². The van der Waals surface area contributed by atoms with Gasteiger partial charge in [-0.25, -0.2) is 0 Å². The number of phenols is 1. The molecule has 0 atom stereocenters. The van der Waals surface area contributed by atoms with Crippen molar-refractivity contribution in [2.75, 3.05) is 0 Å². The largest absolute Gasteiger partial charge is 0.508 e. The minimum Gasteiger partial charge on any atom is -0.508 e. The van der Waals surface area contributed by atoms with Crippen molar-refractivity contribution >= 4 is 33.0 Å². The van der Waals surface area contributed by atoms with E-state index in [0.717, 1.165) is 20.5 Å². The van der Waals surface area contributed by atoms with E-state index in [0.29, 0.717) is 5.88 Å². The Hall–Kier alpha value is -0.770. The van der Waals surface area contributed by atoms with Gasteiger partial charge in [0.1, 0.15) is 5.75 Å². The standard InChI is InChI=1S/C10H9ClO2S/c11-4-8-7-2-1-6(13)3-9(7)14-10(8)5-12/h1-3,12-13H,4-5H2. The van der Waals surface area contributed by atoms with Gasteiger partial charge in [-0.1, -0.05) is 0 Å². The zero-order valence-corrected chi connectivity index (χ0v) is 8.90. The van der Waals surface area contributed by atoms with Gasteiger partial charge in [-0.2, -0.15) is 0 Å². The van der Waals surface area contributed by atoms with Crippen molar-refractivity contribution < 1.29 is 10.2 Å². The summed E-state index contributed by atoms with van der Waals surface area (Å²) in [5, 5.41) is 19.4. The Kier molecular flexibility index (Phi) is 2.63. The molecule has 0 aliphatic heterocycles. The molecule has 0 aliphatic rings. The number of halogens is 1. The van der Waals surface area contributed by atoms with Crippen molar-refractivity contribution in [1.29, 1.82) is 0 Å². The Balaban J connectivity index is 2.73. The molecule has 2 N–H and O–H groups in total. The maximum atomic E-state index is 9.29. The zero-order valence-electron chi connectivity index (χ0n) is 7.33. The van der Waals surface area contributed by atoms with E-state index in [1.807, 2.05) is 6.07 Å². The zero-order chi connectivity index (χ0) is 10.1. The third-order valence-electron chi connectivity index (χ3n) is 2.14. The summed E-state index contributed by atoms with van der Waals surface area (Å²) in [5.74, 6) is 0.630. The summed E-state index contributed by atoms with van der Waals surface area (Å²) in [6.45, 7) is 0.00214. The second-order valence-electron chi connectivity index (χ2n) is 2.98. The van der Waals surface area contributed by atoms with Crippen LogP contribution in [-0.4, -0.2) is 10.2 Å². The van der Waals surface area contributed by atoms with Gasteiger partial charge in [-0.15, -0.1) is 22.9 Å². The molecule has 2 nitrogen and oxygen atoms in total. The normalized spacial score (nSPS) is 11.0. The third kappa shape index (κ3) is 1.47. The molecule has 0 spiro atoms. The summed E-state index contributed by atoms with van der Waals surface area (Å²) in [6.07, 6.45) is 0. The molecule has 2 aromatic rings. The maximum absolute atomic E-state index is 9.29. The van der Waals surface area contributed by atoms with Gasteiger partial charge >= 0.3 is 0 Å². The van der Waals surface area contributed by atoms with E-state index in [1.165, 1.54) is 11.3 Å². The molecule has 0 saturated heterocycles. The number of hydrogen-bond donors (Lipinski definition) is 2. The fraction of sp³-hybridized carbons (Fsp3) is 0.200. The molecule has 74 valence electrons. The molecule has 1 aromatic carbocycles. The van der Waals surface area contributed by atoms with Gasteiger partial charge < -0.3 is 10.2 Å². The Labute approximate surface area is 90.4 Å². The SMILES string of the molecule is OCc1sc2cc(O)ccc2c1CCl. The van der Waals surface area contributed by atoms with Crippen LogP contribution in [0.3, 0.4) is 0 Å². The average Bonchev–Trinajstić information content (AvgIpc) is 2.54. The van der Waals surface area contributed by atoms with Gasteiger partial charge in [0.25, 0.3) is 0 Å². The van der Waals surface area contributed by atoms with Crippen LogP contribution in [0.2, 0.25) is 0 Å². The maximum Gasteiger partial charge on any atom is 0.117 e. The Morgan fingerprint density at radius 1 is 1.36 bits per heavy atom. The van der Waals surface area contributed by atoms with Gasteiger partial charge in [0, 0.05) is 15.5 Å². The highest BCUT2D eigenvalue weighted by Crippen LogP contribution is 2.34. The van der Waals surface area contributed by atoms with Crippen molar-refractivity contribution in [3.63, 3.8) is 0 Å². The first-order chi connectivity index (χ1) is 6.76. The van der Waals surface area contributed by atoms with E-state index in [1.54, 1.807) is 12.1 Å². The molecule has 0 amide bonds. The number of phenolic OH excluding ortho intramolecular Hbond substituents is 1. The number of benzene rings is 1. The highest BCUT2D eigenvalue weighted by molar-refractivity contribution is 7.19. The highest BCUT2D eigenvalue weighted by atomic mass is 35.5. The summed E-state index contributed by atoms with van der Waals surface area (Å²) in [6, 6.07) is 5.15. The van der Waals surface area contributed by atoms with Gasteiger partial charge in [0.2, 0.25) is 0 Å². The smallest absolute Gasteiger partial charge is 0.117 e. The van der Waals surface area contributed by atoms with Crippen LogP contribution in [-0.2, 0) is 12.5 Å². The average molecular weight is 229 g/mol. The number of rotatable bonds is 2. The van der Waals surface area contributed by atoms with E-state index < -0.39 is 0 Å². The van der Waals surface area contributed by atoms with Crippen LogP contribution in [0, 0.1) is 0 Å². The lowest BCUT2D eigenvalue weighted by molar-refractivity contribution is 0.285. The number of thiophene rings is 1. The number of aromatic hydroxyl groups is 1. The highest BCUT2D eigenvalue weighted by Gasteiger charge is 2.10. The molecule has 1 aromatic heterocycles. The van der Waals surface area contributed by atoms with Crippen molar-refractivity contribution in [3.05, 3.63) is 28.6 Å². The van der Waals surface area contributed by atoms with Crippen molar-refractivity contribution in [3.8, 4) is 5.75 Å². The lowest BCUT2D eigenvalue weighted by atomic mass is 10.1. The van der Waals surface area contributed by atoms with Crippen molar-refractivity contribution in [2.24, 2.45) is 0 Å². The number of alkyl halides is 1. The second kappa shape index (κ2) is 3.77.